The highest BCUT2D eigenvalue weighted by Crippen LogP contribution is 2.26. The van der Waals surface area contributed by atoms with Crippen LogP contribution in [0.3, 0.4) is 0 Å². The minimum absolute atomic E-state index is 0.0179. The molecular formula is C13H20N4O3. The van der Waals surface area contributed by atoms with Crippen molar-refractivity contribution in [1.82, 2.24) is 19.9 Å². The van der Waals surface area contributed by atoms with Gasteiger partial charge in [-0.25, -0.2) is 9.48 Å². The maximum absolute atomic E-state index is 12.1. The molecule has 1 heterocycles. The quantitative estimate of drug-likeness (QED) is 0.746. The Hall–Kier alpha value is -1.92. The highest BCUT2D eigenvalue weighted by molar-refractivity contribution is 5.88. The van der Waals surface area contributed by atoms with Gasteiger partial charge < -0.3 is 9.64 Å². The molecular weight excluding hydrogens is 260 g/mol. The van der Waals surface area contributed by atoms with Crippen LogP contribution in [0.1, 0.15) is 48.8 Å². The zero-order valence-corrected chi connectivity index (χ0v) is 12.3. The van der Waals surface area contributed by atoms with Crippen molar-refractivity contribution in [3.05, 3.63) is 11.4 Å². The van der Waals surface area contributed by atoms with Crippen molar-refractivity contribution in [1.29, 1.82) is 0 Å². The maximum atomic E-state index is 12.1. The number of aromatic nitrogens is 3. The number of methoxy groups -OCH3 is 1. The summed E-state index contributed by atoms with van der Waals surface area (Å²) in [6, 6.07) is 0.355. The summed E-state index contributed by atoms with van der Waals surface area (Å²) in [7, 11) is 3.10. The topological polar surface area (TPSA) is 77.3 Å². The third-order valence-corrected chi connectivity index (χ3v) is 3.47. The Morgan fingerprint density at radius 2 is 2.10 bits per heavy atom. The summed E-state index contributed by atoms with van der Waals surface area (Å²) in [4.78, 5) is 25.5. The van der Waals surface area contributed by atoms with Gasteiger partial charge in [0.1, 0.15) is 6.54 Å². The van der Waals surface area contributed by atoms with Gasteiger partial charge in [-0.3, -0.25) is 4.79 Å². The van der Waals surface area contributed by atoms with E-state index in [9.17, 15) is 9.59 Å². The average molecular weight is 280 g/mol. The molecule has 1 saturated carbocycles. The van der Waals surface area contributed by atoms with E-state index in [-0.39, 0.29) is 24.1 Å². The Balaban J connectivity index is 2.20. The Morgan fingerprint density at radius 3 is 2.60 bits per heavy atom. The van der Waals surface area contributed by atoms with E-state index in [2.05, 4.69) is 10.3 Å². The summed E-state index contributed by atoms with van der Waals surface area (Å²) in [5.74, 6) is -0.517. The van der Waals surface area contributed by atoms with E-state index in [4.69, 9.17) is 4.74 Å². The number of ether oxygens (including phenoxy) is 1. The second-order valence-electron chi connectivity index (χ2n) is 5.36. The van der Waals surface area contributed by atoms with Crippen molar-refractivity contribution < 1.29 is 14.3 Å². The standard InChI is InChI=1S/C13H20N4O3/c1-8(2)12-11(13(19)20-4)14-15-17(12)7-10(18)16(3)9-5-6-9/h8-9H,5-7H2,1-4H3. The van der Waals surface area contributed by atoms with Gasteiger partial charge in [0.25, 0.3) is 0 Å². The Morgan fingerprint density at radius 1 is 1.45 bits per heavy atom. The maximum Gasteiger partial charge on any atom is 0.360 e. The Labute approximate surface area is 117 Å². The van der Waals surface area contributed by atoms with Gasteiger partial charge in [0.05, 0.1) is 12.8 Å². The first kappa shape index (κ1) is 14.5. The first-order valence-electron chi connectivity index (χ1n) is 6.73. The lowest BCUT2D eigenvalue weighted by Crippen LogP contribution is -2.33. The number of hydrogen-bond donors (Lipinski definition) is 0. The van der Waals surface area contributed by atoms with Gasteiger partial charge in [0.2, 0.25) is 5.91 Å². The highest BCUT2D eigenvalue weighted by Gasteiger charge is 2.31. The lowest BCUT2D eigenvalue weighted by molar-refractivity contribution is -0.131. The van der Waals surface area contributed by atoms with Crippen LogP contribution in [0.5, 0.6) is 0 Å². The summed E-state index contributed by atoms with van der Waals surface area (Å²) in [6.45, 7) is 3.96. The lowest BCUT2D eigenvalue weighted by atomic mass is 10.1. The van der Waals surface area contributed by atoms with Crippen molar-refractivity contribution in [3.8, 4) is 0 Å². The van der Waals surface area contributed by atoms with Crippen molar-refractivity contribution in [3.63, 3.8) is 0 Å². The number of esters is 1. The number of hydrogen-bond acceptors (Lipinski definition) is 5. The number of amides is 1. The molecule has 0 spiro atoms. The van der Waals surface area contributed by atoms with Gasteiger partial charge >= 0.3 is 5.97 Å². The van der Waals surface area contributed by atoms with Gasteiger partial charge in [-0.2, -0.15) is 0 Å². The molecule has 7 heteroatoms. The third-order valence-electron chi connectivity index (χ3n) is 3.47. The van der Waals surface area contributed by atoms with Crippen LogP contribution < -0.4 is 0 Å². The molecule has 1 amide bonds. The number of nitrogens with zero attached hydrogens (tertiary/aromatic N) is 4. The number of carbonyl (C=O) groups is 2. The molecule has 20 heavy (non-hydrogen) atoms. The SMILES string of the molecule is COC(=O)c1nnn(CC(=O)N(C)C2CC2)c1C(C)C. The van der Waals surface area contributed by atoms with E-state index < -0.39 is 5.97 Å². The molecule has 1 aromatic rings. The molecule has 110 valence electrons. The van der Waals surface area contributed by atoms with E-state index >= 15 is 0 Å². The van der Waals surface area contributed by atoms with Crippen LogP contribution in [0, 0.1) is 0 Å². The second kappa shape index (κ2) is 5.60. The van der Waals surface area contributed by atoms with Gasteiger partial charge in [-0.05, 0) is 18.8 Å². The minimum atomic E-state index is -0.525. The molecule has 0 unspecified atom stereocenters. The second-order valence-corrected chi connectivity index (χ2v) is 5.36. The van der Waals surface area contributed by atoms with Crippen LogP contribution in [-0.4, -0.2) is 52.0 Å². The monoisotopic (exact) mass is 280 g/mol. The lowest BCUT2D eigenvalue weighted by Gasteiger charge is -2.17. The number of likely N-dealkylation sites (N-methyl/N-ethyl adjacent to an activating group) is 1. The normalized spacial score (nSPS) is 14.4. The van der Waals surface area contributed by atoms with Crippen LogP contribution >= 0.6 is 0 Å². The molecule has 0 aromatic carbocycles. The highest BCUT2D eigenvalue weighted by atomic mass is 16.5. The van der Waals surface area contributed by atoms with E-state index in [0.717, 1.165) is 12.8 Å². The van der Waals surface area contributed by atoms with Crippen molar-refractivity contribution in [2.75, 3.05) is 14.2 Å². The molecule has 1 aliphatic carbocycles. The Kier molecular flexibility index (Phi) is 4.06. The zero-order valence-electron chi connectivity index (χ0n) is 12.3. The number of carbonyl (C=O) groups excluding carboxylic acids is 2. The van der Waals surface area contributed by atoms with Gasteiger partial charge in [-0.1, -0.05) is 19.1 Å². The van der Waals surface area contributed by atoms with Crippen molar-refractivity contribution in [2.45, 2.75) is 45.2 Å². The van der Waals surface area contributed by atoms with Gasteiger partial charge in [-0.15, -0.1) is 5.10 Å². The van der Waals surface area contributed by atoms with E-state index in [1.165, 1.54) is 11.8 Å². The molecule has 1 fully saturated rings. The van der Waals surface area contributed by atoms with Gasteiger partial charge in [0, 0.05) is 13.1 Å². The van der Waals surface area contributed by atoms with E-state index in [0.29, 0.717) is 11.7 Å². The smallest absolute Gasteiger partial charge is 0.360 e. The molecule has 1 aliphatic rings. The summed E-state index contributed by atoms with van der Waals surface area (Å²) in [5, 5.41) is 7.78. The molecule has 2 rings (SSSR count). The van der Waals surface area contributed by atoms with Crippen molar-refractivity contribution in [2.24, 2.45) is 0 Å². The van der Waals surface area contributed by atoms with Crippen LogP contribution in [0.15, 0.2) is 0 Å². The van der Waals surface area contributed by atoms with Gasteiger partial charge in [0.15, 0.2) is 5.69 Å². The summed E-state index contributed by atoms with van der Waals surface area (Å²) in [6.07, 6.45) is 2.12. The van der Waals surface area contributed by atoms with E-state index in [1.807, 2.05) is 13.8 Å². The first-order chi connectivity index (χ1) is 9.45. The van der Waals surface area contributed by atoms with Crippen LogP contribution in [-0.2, 0) is 16.1 Å². The predicted molar refractivity (Wildman–Crippen MR) is 71.2 cm³/mol. The summed E-state index contributed by atoms with van der Waals surface area (Å²) in [5.41, 5.74) is 0.818. The fraction of sp³-hybridized carbons (Fsp3) is 0.692. The average Bonchev–Trinajstić information content (AvgIpc) is 3.17. The minimum Gasteiger partial charge on any atom is -0.464 e. The van der Waals surface area contributed by atoms with E-state index in [1.54, 1.807) is 11.9 Å². The molecule has 1 aromatic heterocycles. The molecule has 7 nitrogen and oxygen atoms in total. The molecule has 0 N–H and O–H groups in total. The molecule has 0 atom stereocenters. The van der Waals surface area contributed by atoms with Crippen LogP contribution in [0.25, 0.3) is 0 Å². The molecule has 0 radical (unpaired) electrons. The number of rotatable bonds is 5. The first-order valence-corrected chi connectivity index (χ1v) is 6.73. The molecule has 0 aliphatic heterocycles. The fourth-order valence-electron chi connectivity index (χ4n) is 2.16. The largest absolute Gasteiger partial charge is 0.464 e. The van der Waals surface area contributed by atoms with Crippen molar-refractivity contribution >= 4 is 11.9 Å². The van der Waals surface area contributed by atoms with Crippen LogP contribution in [0.4, 0.5) is 0 Å². The zero-order chi connectivity index (χ0) is 14.9. The summed E-state index contributed by atoms with van der Waals surface area (Å²) < 4.78 is 6.19. The Bertz CT molecular complexity index is 520. The predicted octanol–water partition coefficient (Wildman–Crippen LogP) is 0.809. The third kappa shape index (κ3) is 2.81. The summed E-state index contributed by atoms with van der Waals surface area (Å²) >= 11 is 0. The fourth-order valence-corrected chi connectivity index (χ4v) is 2.16. The molecule has 0 bridgehead atoms. The molecule has 0 saturated heterocycles. The van der Waals surface area contributed by atoms with Crippen LogP contribution in [0.2, 0.25) is 0 Å².